The lowest BCUT2D eigenvalue weighted by molar-refractivity contribution is -0.118. The van der Waals surface area contributed by atoms with Crippen molar-refractivity contribution >= 4 is 17.4 Å². The fourth-order valence-corrected chi connectivity index (χ4v) is 3.35. The molecule has 2 aromatic carbocycles. The van der Waals surface area contributed by atoms with Crippen LogP contribution in [0.3, 0.4) is 0 Å². The van der Waals surface area contributed by atoms with Crippen LogP contribution in [0.2, 0.25) is 0 Å². The third-order valence-corrected chi connectivity index (χ3v) is 4.75. The van der Waals surface area contributed by atoms with Crippen molar-refractivity contribution in [1.29, 1.82) is 5.26 Å². The number of amides is 1. The normalized spacial score (nSPS) is 16.1. The van der Waals surface area contributed by atoms with Gasteiger partial charge < -0.3 is 9.84 Å². The van der Waals surface area contributed by atoms with Crippen LogP contribution in [0.1, 0.15) is 43.9 Å². The molecule has 0 spiro atoms. The van der Waals surface area contributed by atoms with Gasteiger partial charge in [0.2, 0.25) is 0 Å². The molecule has 1 N–H and O–H groups in total. The fraction of sp³-hybridized carbons (Fsp3) is 0.261. The van der Waals surface area contributed by atoms with Crippen molar-refractivity contribution in [1.82, 2.24) is 0 Å². The molecule has 6 heteroatoms. The van der Waals surface area contributed by atoms with Crippen molar-refractivity contribution in [3.8, 4) is 11.8 Å². The maximum Gasteiger partial charge on any atom is 0.294 e. The number of carbonyl (C=O) groups is 2. The van der Waals surface area contributed by atoms with Gasteiger partial charge in [-0.3, -0.25) is 14.5 Å². The van der Waals surface area contributed by atoms with E-state index in [1.165, 1.54) is 4.90 Å². The summed E-state index contributed by atoms with van der Waals surface area (Å²) in [6.07, 6.45) is 1.01. The van der Waals surface area contributed by atoms with Gasteiger partial charge in [-0.25, -0.2) is 0 Å². The lowest BCUT2D eigenvalue weighted by Crippen LogP contribution is -2.31. The number of Topliss-reactive ketones (excluding diaryl/α,β-unsaturated/α-hetero) is 1. The van der Waals surface area contributed by atoms with Gasteiger partial charge in [-0.1, -0.05) is 26.0 Å². The van der Waals surface area contributed by atoms with Crippen LogP contribution in [-0.2, 0) is 9.59 Å². The molecule has 0 radical (unpaired) electrons. The van der Waals surface area contributed by atoms with Gasteiger partial charge in [0, 0.05) is 12.1 Å². The van der Waals surface area contributed by atoms with Gasteiger partial charge in [-0.2, -0.15) is 5.26 Å². The Morgan fingerprint density at radius 2 is 1.93 bits per heavy atom. The molecule has 1 aliphatic rings. The van der Waals surface area contributed by atoms with Gasteiger partial charge in [-0.15, -0.1) is 0 Å². The predicted octanol–water partition coefficient (Wildman–Crippen LogP) is 4.23. The van der Waals surface area contributed by atoms with Gasteiger partial charge in [0.1, 0.15) is 5.75 Å². The monoisotopic (exact) mass is 390 g/mol. The quantitative estimate of drug-likeness (QED) is 0.764. The van der Waals surface area contributed by atoms with Gasteiger partial charge >= 0.3 is 0 Å². The Balaban J connectivity index is 2.11. The highest BCUT2D eigenvalue weighted by atomic mass is 16.5. The number of hydrogen-bond acceptors (Lipinski definition) is 5. The molecule has 0 saturated carbocycles. The lowest BCUT2D eigenvalue weighted by atomic mass is 9.94. The molecule has 0 fully saturated rings. The number of ether oxygens (including phenoxy) is 1. The number of ketones is 1. The summed E-state index contributed by atoms with van der Waals surface area (Å²) in [5.74, 6) is -0.842. The molecule has 2 aromatic rings. The lowest BCUT2D eigenvalue weighted by Gasteiger charge is -2.27. The first-order chi connectivity index (χ1) is 14.0. The van der Waals surface area contributed by atoms with Gasteiger partial charge in [0.25, 0.3) is 5.91 Å². The maximum absolute atomic E-state index is 12.9. The highest BCUT2D eigenvalue weighted by molar-refractivity contribution is 6.16. The van der Waals surface area contributed by atoms with Crippen LogP contribution in [0, 0.1) is 11.3 Å². The zero-order chi connectivity index (χ0) is 21.0. The Hall–Kier alpha value is -3.59. The van der Waals surface area contributed by atoms with E-state index in [-0.39, 0.29) is 17.8 Å². The van der Waals surface area contributed by atoms with Crippen LogP contribution < -0.4 is 9.64 Å². The van der Waals surface area contributed by atoms with Crippen LogP contribution in [-0.4, -0.2) is 23.4 Å². The molecular weight excluding hydrogens is 368 g/mol. The van der Waals surface area contributed by atoms with E-state index >= 15 is 0 Å². The summed E-state index contributed by atoms with van der Waals surface area (Å²) in [6.45, 7) is 4.24. The Morgan fingerprint density at radius 1 is 1.21 bits per heavy atom. The number of carbonyl (C=O) groups excluding carboxylic acids is 2. The number of anilines is 1. The first-order valence-electron chi connectivity index (χ1n) is 9.54. The molecule has 1 amide bonds. The molecule has 0 aliphatic carbocycles. The van der Waals surface area contributed by atoms with E-state index < -0.39 is 17.7 Å². The summed E-state index contributed by atoms with van der Waals surface area (Å²) in [5, 5.41) is 19.5. The minimum atomic E-state index is -0.770. The number of rotatable bonds is 7. The molecule has 1 atom stereocenters. The molecule has 148 valence electrons. The molecular formula is C23H22N2O4. The van der Waals surface area contributed by atoms with E-state index in [0.29, 0.717) is 29.2 Å². The largest absolute Gasteiger partial charge is 0.503 e. The molecule has 6 nitrogen and oxygen atoms in total. The summed E-state index contributed by atoms with van der Waals surface area (Å²) >= 11 is 0. The second kappa shape index (κ2) is 8.61. The van der Waals surface area contributed by atoms with Crippen LogP contribution in [0.5, 0.6) is 5.75 Å². The van der Waals surface area contributed by atoms with Crippen molar-refractivity contribution in [2.75, 3.05) is 11.5 Å². The van der Waals surface area contributed by atoms with Gasteiger partial charge in [-0.05, 0) is 48.4 Å². The van der Waals surface area contributed by atoms with Crippen LogP contribution in [0.25, 0.3) is 0 Å². The number of aliphatic hydroxyl groups is 1. The summed E-state index contributed by atoms with van der Waals surface area (Å²) in [7, 11) is 0. The van der Waals surface area contributed by atoms with E-state index in [1.54, 1.807) is 49.4 Å². The number of hydrogen-bond donors (Lipinski definition) is 1. The molecule has 3 rings (SSSR count). The smallest absolute Gasteiger partial charge is 0.294 e. The van der Waals surface area contributed by atoms with Gasteiger partial charge in [0.05, 0.1) is 29.9 Å². The zero-order valence-corrected chi connectivity index (χ0v) is 16.4. The topological polar surface area (TPSA) is 90.6 Å². The molecule has 1 unspecified atom stereocenters. The van der Waals surface area contributed by atoms with Crippen LogP contribution >= 0.6 is 0 Å². The third-order valence-electron chi connectivity index (χ3n) is 4.75. The fourth-order valence-electron chi connectivity index (χ4n) is 3.35. The Labute approximate surface area is 169 Å². The maximum atomic E-state index is 12.9. The van der Waals surface area contributed by atoms with Crippen molar-refractivity contribution < 1.29 is 19.4 Å². The standard InChI is InChI=1S/C23H22N2O4/c1-3-12-29-18-7-5-6-16(13-18)21-20(19(26)4-2)22(27)23(28)25(21)17-10-8-15(14-24)9-11-17/h5-11,13,21,27H,3-4,12H2,1-2H3. The average Bonchev–Trinajstić information content (AvgIpc) is 3.02. The first-order valence-corrected chi connectivity index (χ1v) is 9.54. The van der Waals surface area contributed by atoms with E-state index in [4.69, 9.17) is 10.00 Å². The van der Waals surface area contributed by atoms with E-state index in [9.17, 15) is 14.7 Å². The number of nitriles is 1. The minimum Gasteiger partial charge on any atom is -0.503 e. The van der Waals surface area contributed by atoms with Gasteiger partial charge in [0.15, 0.2) is 11.5 Å². The number of benzene rings is 2. The summed E-state index contributed by atoms with van der Waals surface area (Å²) < 4.78 is 5.70. The minimum absolute atomic E-state index is 0.0782. The van der Waals surface area contributed by atoms with Crippen LogP contribution in [0.15, 0.2) is 59.9 Å². The predicted molar refractivity (Wildman–Crippen MR) is 109 cm³/mol. The Bertz CT molecular complexity index is 1000. The third kappa shape index (κ3) is 3.85. The van der Waals surface area contributed by atoms with E-state index in [2.05, 4.69) is 0 Å². The van der Waals surface area contributed by atoms with E-state index in [0.717, 1.165) is 6.42 Å². The van der Waals surface area contributed by atoms with Crippen LogP contribution in [0.4, 0.5) is 5.69 Å². The Morgan fingerprint density at radius 3 is 2.55 bits per heavy atom. The van der Waals surface area contributed by atoms with E-state index in [1.807, 2.05) is 19.1 Å². The zero-order valence-electron chi connectivity index (χ0n) is 16.4. The number of aliphatic hydroxyl groups excluding tert-OH is 1. The Kier molecular flexibility index (Phi) is 5.99. The number of nitrogens with zero attached hydrogens (tertiary/aromatic N) is 2. The second-order valence-corrected chi connectivity index (χ2v) is 6.70. The second-order valence-electron chi connectivity index (χ2n) is 6.70. The molecule has 0 aromatic heterocycles. The highest BCUT2D eigenvalue weighted by Crippen LogP contribution is 2.42. The highest BCUT2D eigenvalue weighted by Gasteiger charge is 2.43. The van der Waals surface area contributed by atoms with Crippen molar-refractivity contribution in [3.05, 3.63) is 71.0 Å². The van der Waals surface area contributed by atoms with Crippen molar-refractivity contribution in [2.45, 2.75) is 32.7 Å². The SMILES string of the molecule is CCCOc1cccc(C2C(C(=O)CC)=C(O)C(=O)N2c2ccc(C#N)cc2)c1. The molecule has 0 bridgehead atoms. The summed E-state index contributed by atoms with van der Waals surface area (Å²) in [6, 6.07) is 14.9. The molecule has 0 saturated heterocycles. The summed E-state index contributed by atoms with van der Waals surface area (Å²) in [5.41, 5.74) is 1.69. The first kappa shape index (κ1) is 20.2. The van der Waals surface area contributed by atoms with Crippen molar-refractivity contribution in [3.63, 3.8) is 0 Å². The average molecular weight is 390 g/mol. The summed E-state index contributed by atoms with van der Waals surface area (Å²) in [4.78, 5) is 26.9. The molecule has 1 heterocycles. The van der Waals surface area contributed by atoms with Crippen molar-refractivity contribution in [2.24, 2.45) is 0 Å². The molecule has 29 heavy (non-hydrogen) atoms. The molecule has 1 aliphatic heterocycles.